The number of hydrogen-bond acceptors (Lipinski definition) is 6. The molecule has 2 aromatic rings. The molecule has 1 aromatic carbocycles. The Morgan fingerprint density at radius 2 is 1.79 bits per heavy atom. The van der Waals surface area contributed by atoms with Gasteiger partial charge in [0.15, 0.2) is 0 Å². The third-order valence-corrected chi connectivity index (χ3v) is 4.31. The van der Waals surface area contributed by atoms with Gasteiger partial charge in [0.05, 0.1) is 7.11 Å². The van der Waals surface area contributed by atoms with E-state index in [1.165, 1.54) is 5.56 Å². The summed E-state index contributed by atoms with van der Waals surface area (Å²) < 4.78 is 5.22. The first-order chi connectivity index (χ1) is 13.1. The lowest BCUT2D eigenvalue weighted by atomic mass is 9.94. The molecule has 6 nitrogen and oxygen atoms in total. The second kappa shape index (κ2) is 9.03. The van der Waals surface area contributed by atoms with Crippen LogP contribution in [0.5, 0.6) is 5.75 Å². The summed E-state index contributed by atoms with van der Waals surface area (Å²) in [6, 6.07) is 10.1. The van der Waals surface area contributed by atoms with Crippen molar-refractivity contribution in [3.8, 4) is 11.8 Å². The quantitative estimate of drug-likeness (QED) is 0.721. The highest BCUT2D eigenvalue weighted by Crippen LogP contribution is 2.20. The third-order valence-electron chi connectivity index (χ3n) is 4.31. The maximum Gasteiger partial charge on any atom is 0.234 e. The summed E-state index contributed by atoms with van der Waals surface area (Å²) in [5.74, 6) is 1.76. The number of rotatable bonds is 8. The van der Waals surface area contributed by atoms with Crippen molar-refractivity contribution in [2.24, 2.45) is 5.41 Å². The molecular formula is C22H31N5O. The summed E-state index contributed by atoms with van der Waals surface area (Å²) >= 11 is 0. The maximum absolute atomic E-state index is 9.11. The van der Waals surface area contributed by atoms with E-state index in [1.807, 2.05) is 18.2 Å². The zero-order valence-corrected chi connectivity index (χ0v) is 17.8. The molecule has 6 heteroatoms. The summed E-state index contributed by atoms with van der Waals surface area (Å²) in [6.45, 7) is 12.2. The monoisotopic (exact) mass is 381 g/mol. The van der Waals surface area contributed by atoms with E-state index in [4.69, 9.17) is 10.00 Å². The van der Waals surface area contributed by atoms with Gasteiger partial charge < -0.3 is 15.4 Å². The van der Waals surface area contributed by atoms with Crippen molar-refractivity contribution >= 4 is 5.82 Å². The van der Waals surface area contributed by atoms with Gasteiger partial charge in [-0.25, -0.2) is 9.97 Å². The van der Waals surface area contributed by atoms with Crippen LogP contribution in [0.25, 0.3) is 0 Å². The molecule has 0 saturated carbocycles. The van der Waals surface area contributed by atoms with Gasteiger partial charge >= 0.3 is 0 Å². The van der Waals surface area contributed by atoms with Crippen LogP contribution in [0.4, 0.5) is 5.82 Å². The van der Waals surface area contributed by atoms with Gasteiger partial charge in [0.2, 0.25) is 5.82 Å². The van der Waals surface area contributed by atoms with E-state index in [2.05, 4.69) is 67.4 Å². The largest absolute Gasteiger partial charge is 0.497 e. The van der Waals surface area contributed by atoms with Gasteiger partial charge in [-0.05, 0) is 43.4 Å². The van der Waals surface area contributed by atoms with Crippen LogP contribution in [-0.4, -0.2) is 29.2 Å². The fourth-order valence-corrected chi connectivity index (χ4v) is 2.74. The van der Waals surface area contributed by atoms with Crippen LogP contribution in [0.15, 0.2) is 30.5 Å². The molecule has 0 bridgehead atoms. The predicted octanol–water partition coefficient (Wildman–Crippen LogP) is 3.93. The van der Waals surface area contributed by atoms with Gasteiger partial charge in [0, 0.05) is 30.4 Å². The molecule has 150 valence electrons. The Hall–Kier alpha value is -2.65. The Bertz CT molecular complexity index is 816. The number of hydrogen-bond donors (Lipinski definition) is 2. The van der Waals surface area contributed by atoms with Gasteiger partial charge in [0.1, 0.15) is 17.6 Å². The number of nitrogens with one attached hydrogen (secondary N) is 2. The molecule has 2 N–H and O–H groups in total. The van der Waals surface area contributed by atoms with Crippen LogP contribution >= 0.6 is 0 Å². The molecular weight excluding hydrogens is 350 g/mol. The van der Waals surface area contributed by atoms with Crippen molar-refractivity contribution in [2.75, 3.05) is 19.0 Å². The Kier molecular flexibility index (Phi) is 6.98. The molecule has 2 rings (SSSR count). The van der Waals surface area contributed by atoms with Crippen LogP contribution in [0.1, 0.15) is 51.6 Å². The van der Waals surface area contributed by atoms with E-state index in [0.717, 1.165) is 24.3 Å². The lowest BCUT2D eigenvalue weighted by molar-refractivity contribution is 0.383. The van der Waals surface area contributed by atoms with Crippen LogP contribution in [-0.2, 0) is 13.0 Å². The van der Waals surface area contributed by atoms with Gasteiger partial charge in [0.25, 0.3) is 0 Å². The summed E-state index contributed by atoms with van der Waals surface area (Å²) in [5.41, 5.74) is 2.17. The minimum Gasteiger partial charge on any atom is -0.497 e. The van der Waals surface area contributed by atoms with Crippen molar-refractivity contribution < 1.29 is 4.74 Å². The number of benzene rings is 1. The van der Waals surface area contributed by atoms with Crippen molar-refractivity contribution in [3.63, 3.8) is 0 Å². The summed E-state index contributed by atoms with van der Waals surface area (Å²) in [6.07, 6.45) is 2.60. The van der Waals surface area contributed by atoms with Crippen molar-refractivity contribution in [1.82, 2.24) is 15.3 Å². The number of aromatic nitrogens is 2. The summed E-state index contributed by atoms with van der Waals surface area (Å²) in [5, 5.41) is 16.1. The standard InChI is InChI=1S/C22H31N5O/c1-21(2,3)15-25-20-17(13-24-19(12-23)27-20)14-26-22(4,5)11-16-7-9-18(28-6)10-8-16/h7-10,13,26H,11,14-15H2,1-6H3,(H,24,25,27). The minimum absolute atomic E-state index is 0.107. The first-order valence-corrected chi connectivity index (χ1v) is 9.50. The van der Waals surface area contributed by atoms with Gasteiger partial charge in [-0.2, -0.15) is 5.26 Å². The van der Waals surface area contributed by atoms with Gasteiger partial charge in [-0.3, -0.25) is 0 Å². The average Bonchev–Trinajstić information content (AvgIpc) is 2.64. The molecule has 0 fully saturated rings. The zero-order valence-electron chi connectivity index (χ0n) is 17.8. The number of methoxy groups -OCH3 is 1. The fourth-order valence-electron chi connectivity index (χ4n) is 2.74. The highest BCUT2D eigenvalue weighted by atomic mass is 16.5. The minimum atomic E-state index is -0.121. The molecule has 0 unspecified atom stereocenters. The number of nitrogens with zero attached hydrogens (tertiary/aromatic N) is 3. The van der Waals surface area contributed by atoms with Crippen LogP contribution in [0.3, 0.4) is 0 Å². The van der Waals surface area contributed by atoms with Crippen LogP contribution in [0.2, 0.25) is 0 Å². The van der Waals surface area contributed by atoms with Crippen molar-refractivity contribution in [3.05, 3.63) is 47.4 Å². The van der Waals surface area contributed by atoms with Crippen molar-refractivity contribution in [2.45, 2.75) is 53.1 Å². The molecule has 0 radical (unpaired) electrons. The molecule has 0 aliphatic rings. The predicted molar refractivity (Wildman–Crippen MR) is 112 cm³/mol. The number of ether oxygens (including phenoxy) is 1. The maximum atomic E-state index is 9.11. The lowest BCUT2D eigenvalue weighted by Crippen LogP contribution is -2.41. The SMILES string of the molecule is COc1ccc(CC(C)(C)NCc2cnc(C#N)nc2NCC(C)(C)C)cc1. The van der Waals surface area contributed by atoms with E-state index in [9.17, 15) is 0 Å². The Balaban J connectivity index is 2.07. The van der Waals surface area contributed by atoms with E-state index in [1.54, 1.807) is 13.3 Å². The zero-order chi connectivity index (χ0) is 20.8. The average molecular weight is 382 g/mol. The lowest BCUT2D eigenvalue weighted by Gasteiger charge is -2.27. The van der Waals surface area contributed by atoms with E-state index in [0.29, 0.717) is 12.4 Å². The smallest absolute Gasteiger partial charge is 0.234 e. The number of nitriles is 1. The third kappa shape index (κ3) is 6.82. The van der Waals surface area contributed by atoms with Gasteiger partial charge in [-0.1, -0.05) is 32.9 Å². The highest BCUT2D eigenvalue weighted by molar-refractivity contribution is 5.44. The molecule has 28 heavy (non-hydrogen) atoms. The molecule has 0 spiro atoms. The second-order valence-corrected chi connectivity index (χ2v) is 8.86. The van der Waals surface area contributed by atoms with E-state index >= 15 is 0 Å². The summed E-state index contributed by atoms with van der Waals surface area (Å²) in [4.78, 5) is 8.50. The Morgan fingerprint density at radius 3 is 2.36 bits per heavy atom. The Morgan fingerprint density at radius 1 is 1.11 bits per heavy atom. The molecule has 1 heterocycles. The molecule has 0 atom stereocenters. The molecule has 0 aliphatic carbocycles. The second-order valence-electron chi connectivity index (χ2n) is 8.86. The van der Waals surface area contributed by atoms with Gasteiger partial charge in [-0.15, -0.1) is 0 Å². The van der Waals surface area contributed by atoms with E-state index < -0.39 is 0 Å². The number of anilines is 1. The Labute approximate surface area is 168 Å². The van der Waals surface area contributed by atoms with Crippen LogP contribution in [0, 0.1) is 16.7 Å². The summed E-state index contributed by atoms with van der Waals surface area (Å²) in [7, 11) is 1.67. The molecule has 0 aliphatic heterocycles. The first-order valence-electron chi connectivity index (χ1n) is 9.50. The molecule has 0 amide bonds. The molecule has 0 saturated heterocycles. The normalized spacial score (nSPS) is 11.8. The fraction of sp³-hybridized carbons (Fsp3) is 0.500. The molecule has 1 aromatic heterocycles. The first kappa shape index (κ1) is 21.6. The van der Waals surface area contributed by atoms with Crippen LogP contribution < -0.4 is 15.4 Å². The van der Waals surface area contributed by atoms with E-state index in [-0.39, 0.29) is 16.8 Å². The topological polar surface area (TPSA) is 82.9 Å². The van der Waals surface area contributed by atoms with Crippen molar-refractivity contribution in [1.29, 1.82) is 5.26 Å². The highest BCUT2D eigenvalue weighted by Gasteiger charge is 2.20.